The first kappa shape index (κ1) is 17.5. The molecule has 26 heavy (non-hydrogen) atoms. The summed E-state index contributed by atoms with van der Waals surface area (Å²) in [4.78, 5) is 13.4. The van der Waals surface area contributed by atoms with E-state index in [1.165, 1.54) is 25.1 Å². The summed E-state index contributed by atoms with van der Waals surface area (Å²) >= 11 is 2.10. The second-order valence-electron chi connectivity index (χ2n) is 6.64. The number of carbonyl (C=O) groups excluding carboxylic acids is 1. The summed E-state index contributed by atoms with van der Waals surface area (Å²) in [6, 6.07) is 25.1. The van der Waals surface area contributed by atoms with Gasteiger partial charge in [0.2, 0.25) is 0 Å². The predicted molar refractivity (Wildman–Crippen MR) is 119 cm³/mol. The molecule has 0 atom stereocenters. The zero-order valence-electron chi connectivity index (χ0n) is 14.5. The van der Waals surface area contributed by atoms with Crippen LogP contribution < -0.4 is 4.74 Å². The van der Waals surface area contributed by atoms with Gasteiger partial charge in [-0.3, -0.25) is 4.79 Å². The van der Waals surface area contributed by atoms with Crippen LogP contribution in [0.5, 0.6) is 5.75 Å². The van der Waals surface area contributed by atoms with Gasteiger partial charge in [0.1, 0.15) is 9.17 Å². The number of halogens is 1. The number of benzene rings is 3. The number of hydrogen-bond donors (Lipinski definition) is 0. The Morgan fingerprint density at radius 1 is 0.885 bits per heavy atom. The van der Waals surface area contributed by atoms with Crippen LogP contribution in [0.4, 0.5) is 0 Å². The zero-order chi connectivity index (χ0) is 18.3. The van der Waals surface area contributed by atoms with Crippen molar-refractivity contribution in [2.45, 2.75) is 17.3 Å². The molecule has 0 unspecified atom stereocenters. The third-order valence-electron chi connectivity index (χ3n) is 4.24. The van der Waals surface area contributed by atoms with Crippen LogP contribution in [0.2, 0.25) is 0 Å². The van der Waals surface area contributed by atoms with Gasteiger partial charge >= 0.3 is 5.97 Å². The van der Waals surface area contributed by atoms with Crippen molar-refractivity contribution in [1.82, 2.24) is 0 Å². The molecule has 1 heterocycles. The lowest BCUT2D eigenvalue weighted by Crippen LogP contribution is -2.28. The number of ether oxygens (including phenoxy) is 1. The number of thiophene rings is 1. The lowest BCUT2D eigenvalue weighted by molar-refractivity contribution is -0.135. The SMILES string of the molecule is CC(C)(I)C(=O)Oc1cccc(-[s+]2c3ccccc3c3ccccc32)c1. The van der Waals surface area contributed by atoms with Crippen LogP contribution >= 0.6 is 33.1 Å². The Kier molecular flexibility index (Phi) is 4.49. The second kappa shape index (κ2) is 6.67. The smallest absolute Gasteiger partial charge is 0.326 e. The first-order chi connectivity index (χ1) is 12.4. The van der Waals surface area contributed by atoms with Gasteiger partial charge in [-0.05, 0) is 50.2 Å². The number of alkyl halides is 1. The molecule has 4 heteroatoms. The highest BCUT2D eigenvalue weighted by molar-refractivity contribution is 14.1. The van der Waals surface area contributed by atoms with E-state index in [1.807, 2.05) is 32.0 Å². The molecule has 3 aromatic carbocycles. The minimum Gasteiger partial charge on any atom is -0.425 e. The van der Waals surface area contributed by atoms with Crippen molar-refractivity contribution in [2.75, 3.05) is 0 Å². The van der Waals surface area contributed by atoms with Crippen LogP contribution in [0, 0.1) is 0 Å². The molecule has 4 aromatic rings. The minimum absolute atomic E-state index is 0.180. The number of hydrogen-bond acceptors (Lipinski definition) is 2. The molecule has 0 bridgehead atoms. The van der Waals surface area contributed by atoms with Crippen LogP contribution in [0.3, 0.4) is 0 Å². The standard InChI is InChI=1S/C22H18IO2S/c1-22(2,23)21(24)25-15-8-7-9-16(14-15)26-19-12-5-3-10-17(19)18-11-4-6-13-20(18)26/h3-14H,1-2H3/q+1. The molecular weight excluding hydrogens is 455 g/mol. The highest BCUT2D eigenvalue weighted by atomic mass is 127. The van der Waals surface area contributed by atoms with Gasteiger partial charge in [0.15, 0.2) is 14.3 Å². The molecule has 0 amide bonds. The molecule has 0 saturated carbocycles. The molecule has 4 rings (SSSR count). The largest absolute Gasteiger partial charge is 0.425 e. The Morgan fingerprint density at radius 2 is 1.46 bits per heavy atom. The van der Waals surface area contributed by atoms with Gasteiger partial charge in [0.25, 0.3) is 0 Å². The average molecular weight is 473 g/mol. The lowest BCUT2D eigenvalue weighted by Gasteiger charge is -2.14. The van der Waals surface area contributed by atoms with E-state index in [4.69, 9.17) is 4.74 Å². The number of rotatable bonds is 3. The number of fused-ring (bicyclic) bond motifs is 3. The molecule has 0 aliphatic carbocycles. The lowest BCUT2D eigenvalue weighted by atomic mass is 10.2. The van der Waals surface area contributed by atoms with Crippen molar-refractivity contribution >= 4 is 59.2 Å². The van der Waals surface area contributed by atoms with Crippen molar-refractivity contribution < 1.29 is 9.53 Å². The molecule has 1 aromatic heterocycles. The maximum atomic E-state index is 12.2. The van der Waals surface area contributed by atoms with Crippen molar-refractivity contribution in [1.29, 1.82) is 0 Å². The minimum atomic E-state index is -0.553. The zero-order valence-corrected chi connectivity index (χ0v) is 17.5. The summed E-state index contributed by atoms with van der Waals surface area (Å²) in [5, 5.41) is 2.59. The van der Waals surface area contributed by atoms with E-state index in [0.717, 1.165) is 0 Å². The Morgan fingerprint density at radius 3 is 2.04 bits per heavy atom. The van der Waals surface area contributed by atoms with Gasteiger partial charge in [0, 0.05) is 27.3 Å². The van der Waals surface area contributed by atoms with Crippen LogP contribution in [-0.2, 0) is 4.79 Å². The molecule has 2 nitrogen and oxygen atoms in total. The Balaban J connectivity index is 1.88. The summed E-state index contributed by atoms with van der Waals surface area (Å²) in [5.41, 5.74) is 0. The maximum absolute atomic E-state index is 12.2. The normalized spacial score (nSPS) is 11.8. The predicted octanol–water partition coefficient (Wildman–Crippen LogP) is 6.85. The molecule has 0 aliphatic heterocycles. The second-order valence-corrected chi connectivity index (χ2v) is 11.3. The molecule has 0 radical (unpaired) electrons. The molecule has 0 spiro atoms. The van der Waals surface area contributed by atoms with Crippen LogP contribution in [0.15, 0.2) is 72.8 Å². The fourth-order valence-corrected chi connectivity index (χ4v) is 5.53. The summed E-state index contributed by atoms with van der Waals surface area (Å²) < 4.78 is 7.71. The fraction of sp³-hybridized carbons (Fsp3) is 0.136. The summed E-state index contributed by atoms with van der Waals surface area (Å²) in [6.07, 6.45) is 0. The van der Waals surface area contributed by atoms with Gasteiger partial charge in [-0.15, -0.1) is 0 Å². The first-order valence-electron chi connectivity index (χ1n) is 8.39. The highest BCUT2D eigenvalue weighted by Crippen LogP contribution is 2.48. The van der Waals surface area contributed by atoms with Gasteiger partial charge in [-0.25, -0.2) is 0 Å². The molecule has 0 fully saturated rings. The van der Waals surface area contributed by atoms with E-state index in [1.54, 1.807) is 0 Å². The van der Waals surface area contributed by atoms with E-state index in [2.05, 4.69) is 77.2 Å². The van der Waals surface area contributed by atoms with E-state index in [9.17, 15) is 4.79 Å². The Labute approximate surface area is 168 Å². The topological polar surface area (TPSA) is 26.3 Å². The summed E-state index contributed by atoms with van der Waals surface area (Å²) in [7, 11) is -0.180. The maximum Gasteiger partial charge on any atom is 0.326 e. The molecular formula is C22H18IO2S+. The third-order valence-corrected chi connectivity index (χ3v) is 7.00. The van der Waals surface area contributed by atoms with Gasteiger partial charge in [-0.1, -0.05) is 52.9 Å². The number of esters is 1. The molecule has 130 valence electrons. The van der Waals surface area contributed by atoms with Crippen molar-refractivity contribution in [2.24, 2.45) is 0 Å². The summed E-state index contributed by atoms with van der Waals surface area (Å²) in [6.45, 7) is 3.70. The molecule has 0 N–H and O–H groups in total. The Bertz CT molecular complexity index is 1070. The Hall–Kier alpha value is -1.92. The van der Waals surface area contributed by atoms with Crippen molar-refractivity contribution in [3.05, 3.63) is 72.8 Å². The van der Waals surface area contributed by atoms with Gasteiger partial charge in [-0.2, -0.15) is 0 Å². The van der Waals surface area contributed by atoms with Crippen LogP contribution in [-0.4, -0.2) is 9.39 Å². The van der Waals surface area contributed by atoms with E-state index >= 15 is 0 Å². The van der Waals surface area contributed by atoms with Crippen molar-refractivity contribution in [3.8, 4) is 10.6 Å². The summed E-state index contributed by atoms with van der Waals surface area (Å²) in [5.74, 6) is 0.373. The highest BCUT2D eigenvalue weighted by Gasteiger charge is 2.27. The molecule has 0 aliphatic rings. The quantitative estimate of drug-likeness (QED) is 0.107. The van der Waals surface area contributed by atoms with E-state index in [0.29, 0.717) is 5.75 Å². The van der Waals surface area contributed by atoms with Crippen LogP contribution in [0.1, 0.15) is 13.8 Å². The van der Waals surface area contributed by atoms with Crippen LogP contribution in [0.25, 0.3) is 25.1 Å². The first-order valence-corrected chi connectivity index (χ1v) is 10.7. The van der Waals surface area contributed by atoms with Gasteiger partial charge in [0.05, 0.1) is 0 Å². The van der Waals surface area contributed by atoms with E-state index in [-0.39, 0.29) is 16.4 Å². The average Bonchev–Trinajstić information content (AvgIpc) is 2.96. The monoisotopic (exact) mass is 473 g/mol. The third kappa shape index (κ3) is 3.12. The number of carbonyl (C=O) groups is 1. The van der Waals surface area contributed by atoms with E-state index < -0.39 is 3.42 Å². The fourth-order valence-electron chi connectivity index (χ4n) is 3.00. The van der Waals surface area contributed by atoms with Gasteiger partial charge < -0.3 is 4.74 Å². The molecule has 0 saturated heterocycles. The van der Waals surface area contributed by atoms with Crippen molar-refractivity contribution in [3.63, 3.8) is 0 Å².